The lowest BCUT2D eigenvalue weighted by molar-refractivity contribution is -0.119. The van der Waals surface area contributed by atoms with Gasteiger partial charge in [0.1, 0.15) is 0 Å². The molecule has 3 N–H and O–H groups in total. The van der Waals surface area contributed by atoms with Crippen LogP contribution in [0.15, 0.2) is 17.1 Å². The molecule has 1 fully saturated rings. The van der Waals surface area contributed by atoms with E-state index in [2.05, 4.69) is 17.2 Å². The van der Waals surface area contributed by atoms with Crippen LogP contribution in [0.3, 0.4) is 0 Å². The topological polar surface area (TPSA) is 87.8 Å². The molecule has 1 saturated heterocycles. The van der Waals surface area contributed by atoms with Crippen molar-refractivity contribution in [2.24, 2.45) is 16.6 Å². The van der Waals surface area contributed by atoms with E-state index in [0.717, 1.165) is 0 Å². The first-order valence-corrected chi connectivity index (χ1v) is 7.74. The summed E-state index contributed by atoms with van der Waals surface area (Å²) in [4.78, 5) is 29.6. The lowest BCUT2D eigenvalue weighted by Gasteiger charge is -2.29. The number of imide groups is 1. The molecule has 0 aromatic carbocycles. The number of aliphatic imine (C=N–C) groups is 1. The third-order valence-electron chi connectivity index (χ3n) is 4.00. The van der Waals surface area contributed by atoms with Crippen LogP contribution in [0.1, 0.15) is 19.8 Å². The molecule has 108 valence electrons. The van der Waals surface area contributed by atoms with Gasteiger partial charge >= 0.3 is 6.03 Å². The van der Waals surface area contributed by atoms with Crippen LogP contribution in [-0.2, 0) is 4.79 Å². The standard InChI is InChI=1S/C13H18N4O2S/c1-7-8(14)4-5-9-11(7)20-13(15-9)17-6-2-3-10(18)16-12(17)19/h4-5,7-9,11H,2-3,6,14H2,1H3,(H,16,18,19). The van der Waals surface area contributed by atoms with E-state index in [0.29, 0.717) is 30.5 Å². The van der Waals surface area contributed by atoms with Gasteiger partial charge in [-0.3, -0.25) is 20.0 Å². The number of carbonyl (C=O) groups excluding carboxylic acids is 2. The van der Waals surface area contributed by atoms with Gasteiger partial charge in [0, 0.05) is 24.3 Å². The van der Waals surface area contributed by atoms with E-state index in [1.165, 1.54) is 0 Å². The van der Waals surface area contributed by atoms with Crippen molar-refractivity contribution in [3.63, 3.8) is 0 Å². The average Bonchev–Trinajstić information content (AvgIpc) is 2.75. The number of rotatable bonds is 0. The van der Waals surface area contributed by atoms with E-state index < -0.39 is 0 Å². The van der Waals surface area contributed by atoms with Gasteiger partial charge in [0.15, 0.2) is 5.17 Å². The average molecular weight is 294 g/mol. The minimum absolute atomic E-state index is 0.0397. The molecule has 20 heavy (non-hydrogen) atoms. The molecule has 4 atom stereocenters. The van der Waals surface area contributed by atoms with Gasteiger partial charge in [-0.25, -0.2) is 4.79 Å². The summed E-state index contributed by atoms with van der Waals surface area (Å²) >= 11 is 1.60. The zero-order valence-corrected chi connectivity index (χ0v) is 12.1. The zero-order valence-electron chi connectivity index (χ0n) is 11.3. The predicted octanol–water partition coefficient (Wildman–Crippen LogP) is 0.692. The number of nitrogens with one attached hydrogen (secondary N) is 1. The first-order valence-electron chi connectivity index (χ1n) is 6.86. The lowest BCUT2D eigenvalue weighted by atomic mass is 9.88. The molecule has 3 aliphatic rings. The third kappa shape index (κ3) is 2.35. The molecule has 3 rings (SSSR count). The van der Waals surface area contributed by atoms with E-state index in [1.54, 1.807) is 16.7 Å². The second-order valence-corrected chi connectivity index (χ2v) is 6.56. The van der Waals surface area contributed by atoms with Crippen molar-refractivity contribution in [2.75, 3.05) is 6.54 Å². The molecule has 0 aromatic heterocycles. The van der Waals surface area contributed by atoms with Gasteiger partial charge in [-0.2, -0.15) is 0 Å². The van der Waals surface area contributed by atoms with Crippen molar-refractivity contribution in [3.8, 4) is 0 Å². The summed E-state index contributed by atoms with van der Waals surface area (Å²) in [6.45, 7) is 2.65. The number of carbonyl (C=O) groups is 2. The summed E-state index contributed by atoms with van der Waals surface area (Å²) in [6, 6.07) is -0.243. The highest BCUT2D eigenvalue weighted by atomic mass is 32.2. The largest absolute Gasteiger partial charge is 0.330 e. The molecule has 0 radical (unpaired) electrons. The Balaban J connectivity index is 1.78. The minimum Gasteiger partial charge on any atom is -0.324 e. The van der Waals surface area contributed by atoms with E-state index in [1.807, 2.05) is 12.2 Å². The van der Waals surface area contributed by atoms with E-state index in [-0.39, 0.29) is 29.3 Å². The molecule has 2 heterocycles. The summed E-state index contributed by atoms with van der Waals surface area (Å²) in [7, 11) is 0. The molecule has 0 saturated carbocycles. The second kappa shape index (κ2) is 5.21. The number of amides is 3. The van der Waals surface area contributed by atoms with Crippen LogP contribution < -0.4 is 11.1 Å². The first kappa shape index (κ1) is 13.6. The maximum absolute atomic E-state index is 12.0. The lowest BCUT2D eigenvalue weighted by Crippen LogP contribution is -2.43. The number of hydrogen-bond donors (Lipinski definition) is 2. The van der Waals surface area contributed by atoms with Crippen molar-refractivity contribution >= 4 is 28.9 Å². The van der Waals surface area contributed by atoms with Crippen LogP contribution in [-0.4, -0.2) is 45.9 Å². The molecule has 0 aromatic rings. The van der Waals surface area contributed by atoms with Gasteiger partial charge in [0.05, 0.1) is 6.04 Å². The molecule has 0 bridgehead atoms. The Morgan fingerprint density at radius 1 is 1.45 bits per heavy atom. The van der Waals surface area contributed by atoms with Gasteiger partial charge in [0.2, 0.25) is 5.91 Å². The number of urea groups is 1. The van der Waals surface area contributed by atoms with Gasteiger partial charge in [0.25, 0.3) is 0 Å². The summed E-state index contributed by atoms with van der Waals surface area (Å²) in [5, 5.41) is 3.36. The molecule has 3 amide bonds. The SMILES string of the molecule is CC1C(N)C=CC2N=C(N3CCCC(=O)NC3=O)SC21. The Kier molecular flexibility index (Phi) is 3.55. The molecular formula is C13H18N4O2S. The number of hydrogen-bond acceptors (Lipinski definition) is 5. The second-order valence-electron chi connectivity index (χ2n) is 5.41. The van der Waals surface area contributed by atoms with E-state index >= 15 is 0 Å². The predicted molar refractivity (Wildman–Crippen MR) is 78.4 cm³/mol. The smallest absolute Gasteiger partial charge is 0.324 e. The maximum atomic E-state index is 12.0. The van der Waals surface area contributed by atoms with Crippen molar-refractivity contribution in [1.29, 1.82) is 0 Å². The Bertz CT molecular complexity index is 505. The van der Waals surface area contributed by atoms with Crippen molar-refractivity contribution in [2.45, 2.75) is 37.1 Å². The van der Waals surface area contributed by atoms with Gasteiger partial charge in [-0.1, -0.05) is 30.8 Å². The summed E-state index contributed by atoms with van der Waals surface area (Å²) in [6.07, 6.45) is 5.06. The maximum Gasteiger partial charge on any atom is 0.330 e. The monoisotopic (exact) mass is 294 g/mol. The molecule has 7 heteroatoms. The highest BCUT2D eigenvalue weighted by Gasteiger charge is 2.40. The normalized spacial score (nSPS) is 37.3. The Morgan fingerprint density at radius 3 is 3.05 bits per heavy atom. The van der Waals surface area contributed by atoms with Crippen LogP contribution in [0.2, 0.25) is 0 Å². The fourth-order valence-corrected chi connectivity index (χ4v) is 4.11. The molecule has 6 nitrogen and oxygen atoms in total. The number of thioether (sulfide) groups is 1. The van der Waals surface area contributed by atoms with Crippen molar-refractivity contribution < 1.29 is 9.59 Å². The Labute approximate surface area is 121 Å². The quantitative estimate of drug-likeness (QED) is 0.644. The first-order chi connectivity index (χ1) is 9.56. The van der Waals surface area contributed by atoms with Gasteiger partial charge in [-0.05, 0) is 12.3 Å². The highest BCUT2D eigenvalue weighted by molar-refractivity contribution is 8.14. The molecular weight excluding hydrogens is 276 g/mol. The van der Waals surface area contributed by atoms with E-state index in [9.17, 15) is 9.59 Å². The van der Waals surface area contributed by atoms with Crippen LogP contribution in [0.4, 0.5) is 4.79 Å². The molecule has 2 aliphatic heterocycles. The third-order valence-corrected chi connectivity index (χ3v) is 5.52. The fourth-order valence-electron chi connectivity index (χ4n) is 2.69. The van der Waals surface area contributed by atoms with Crippen molar-refractivity contribution in [1.82, 2.24) is 10.2 Å². The number of nitrogens with two attached hydrogens (primary N) is 1. The number of nitrogens with zero attached hydrogens (tertiary/aromatic N) is 2. The van der Waals surface area contributed by atoms with Crippen LogP contribution in [0.5, 0.6) is 0 Å². The fraction of sp³-hybridized carbons (Fsp3) is 0.615. The van der Waals surface area contributed by atoms with Gasteiger partial charge < -0.3 is 5.73 Å². The Morgan fingerprint density at radius 2 is 2.25 bits per heavy atom. The Hall–Kier alpha value is -1.34. The highest BCUT2D eigenvalue weighted by Crippen LogP contribution is 2.38. The van der Waals surface area contributed by atoms with Crippen LogP contribution >= 0.6 is 11.8 Å². The molecule has 1 aliphatic carbocycles. The number of amidine groups is 1. The van der Waals surface area contributed by atoms with E-state index in [4.69, 9.17) is 5.73 Å². The van der Waals surface area contributed by atoms with Crippen molar-refractivity contribution in [3.05, 3.63) is 12.2 Å². The minimum atomic E-state index is -0.363. The number of fused-ring (bicyclic) bond motifs is 1. The summed E-state index contributed by atoms with van der Waals surface area (Å²) < 4.78 is 0. The van der Waals surface area contributed by atoms with Crippen LogP contribution in [0, 0.1) is 5.92 Å². The zero-order chi connectivity index (χ0) is 14.3. The van der Waals surface area contributed by atoms with Crippen LogP contribution in [0.25, 0.3) is 0 Å². The van der Waals surface area contributed by atoms with Gasteiger partial charge in [-0.15, -0.1) is 0 Å². The summed E-state index contributed by atoms with van der Waals surface area (Å²) in [5.74, 6) is 0.0988. The summed E-state index contributed by atoms with van der Waals surface area (Å²) in [5.41, 5.74) is 6.04. The molecule has 4 unspecified atom stereocenters. The molecule has 0 spiro atoms.